The van der Waals surface area contributed by atoms with E-state index in [4.69, 9.17) is 9.47 Å². The van der Waals surface area contributed by atoms with Crippen molar-refractivity contribution in [2.24, 2.45) is 0 Å². The van der Waals surface area contributed by atoms with Gasteiger partial charge in [0.05, 0.1) is 13.2 Å². The number of unbranched alkanes of at least 4 members (excludes halogenated alkanes) is 10. The number of aliphatic hydroxyl groups excluding tert-OH is 3. The largest absolute Gasteiger partial charge is 0.388 e. The number of allylic oxidation sites excluding steroid dienone is 2. The highest BCUT2D eigenvalue weighted by molar-refractivity contribution is 4.86. The van der Waals surface area contributed by atoms with Gasteiger partial charge in [-0.05, 0) is 25.7 Å². The van der Waals surface area contributed by atoms with Gasteiger partial charge in [-0.2, -0.15) is 0 Å². The standard InChI is InChI=1S/C22H42O5/c1-2-3-4-5-6-7-8-9-10-11-12-13-14-15-16-26-18-20-22(25)21(24)19(23)17-27-20/h12-13,19-25H,2-11,14-18H2,1H3/b13-12+/t19-,20+,21+,22+/m1/s1. The van der Waals surface area contributed by atoms with Gasteiger partial charge in [0, 0.05) is 6.61 Å². The van der Waals surface area contributed by atoms with Crippen LogP contribution in [0.2, 0.25) is 0 Å². The maximum atomic E-state index is 9.81. The third kappa shape index (κ3) is 11.9. The highest BCUT2D eigenvalue weighted by atomic mass is 16.6. The average Bonchev–Trinajstić information content (AvgIpc) is 2.67. The van der Waals surface area contributed by atoms with Crippen molar-refractivity contribution in [1.82, 2.24) is 0 Å². The van der Waals surface area contributed by atoms with Crippen molar-refractivity contribution >= 4 is 0 Å². The summed E-state index contributed by atoms with van der Waals surface area (Å²) in [6.07, 6.45) is 16.1. The lowest BCUT2D eigenvalue weighted by Gasteiger charge is -2.35. The number of rotatable bonds is 16. The Morgan fingerprint density at radius 2 is 1.41 bits per heavy atom. The van der Waals surface area contributed by atoms with Crippen LogP contribution in [-0.2, 0) is 9.47 Å². The average molecular weight is 387 g/mol. The molecule has 0 radical (unpaired) electrons. The first-order valence-electron chi connectivity index (χ1n) is 11.0. The second-order valence-electron chi connectivity index (χ2n) is 7.73. The third-order valence-electron chi connectivity index (χ3n) is 5.19. The van der Waals surface area contributed by atoms with E-state index in [0.29, 0.717) is 6.61 Å². The molecule has 1 aliphatic rings. The van der Waals surface area contributed by atoms with E-state index in [9.17, 15) is 15.3 Å². The third-order valence-corrected chi connectivity index (χ3v) is 5.19. The fraction of sp³-hybridized carbons (Fsp3) is 0.909. The van der Waals surface area contributed by atoms with Gasteiger partial charge in [0.1, 0.15) is 24.4 Å². The van der Waals surface area contributed by atoms with Crippen LogP contribution in [0.5, 0.6) is 0 Å². The minimum Gasteiger partial charge on any atom is -0.388 e. The molecule has 27 heavy (non-hydrogen) atoms. The molecule has 0 aliphatic carbocycles. The van der Waals surface area contributed by atoms with E-state index in [-0.39, 0.29) is 13.2 Å². The van der Waals surface area contributed by atoms with Crippen LogP contribution in [0.4, 0.5) is 0 Å². The van der Waals surface area contributed by atoms with Gasteiger partial charge in [-0.15, -0.1) is 0 Å². The van der Waals surface area contributed by atoms with Crippen LogP contribution >= 0.6 is 0 Å². The van der Waals surface area contributed by atoms with Gasteiger partial charge in [0.2, 0.25) is 0 Å². The molecule has 0 unspecified atom stereocenters. The second kappa shape index (κ2) is 16.5. The Labute approximate surface area is 165 Å². The number of hydrogen-bond acceptors (Lipinski definition) is 5. The van der Waals surface area contributed by atoms with Crippen LogP contribution in [0.1, 0.15) is 84.0 Å². The highest BCUT2D eigenvalue weighted by Crippen LogP contribution is 2.16. The number of ether oxygens (including phenoxy) is 2. The molecule has 160 valence electrons. The molecule has 0 spiro atoms. The molecule has 0 bridgehead atoms. The molecule has 1 heterocycles. The maximum Gasteiger partial charge on any atom is 0.111 e. The van der Waals surface area contributed by atoms with Crippen molar-refractivity contribution in [3.8, 4) is 0 Å². The predicted molar refractivity (Wildman–Crippen MR) is 109 cm³/mol. The molecule has 5 heteroatoms. The van der Waals surface area contributed by atoms with Crippen molar-refractivity contribution in [2.75, 3.05) is 19.8 Å². The smallest absolute Gasteiger partial charge is 0.111 e. The lowest BCUT2D eigenvalue weighted by Crippen LogP contribution is -2.54. The summed E-state index contributed by atoms with van der Waals surface area (Å²) in [7, 11) is 0. The van der Waals surface area contributed by atoms with E-state index in [1.807, 2.05) is 0 Å². The molecule has 4 atom stereocenters. The molecule has 0 amide bonds. The van der Waals surface area contributed by atoms with Crippen molar-refractivity contribution in [3.63, 3.8) is 0 Å². The Morgan fingerprint density at radius 3 is 2.07 bits per heavy atom. The lowest BCUT2D eigenvalue weighted by atomic mass is 10.0. The van der Waals surface area contributed by atoms with Crippen LogP contribution in [0.15, 0.2) is 12.2 Å². The van der Waals surface area contributed by atoms with Crippen molar-refractivity contribution < 1.29 is 24.8 Å². The van der Waals surface area contributed by atoms with Crippen LogP contribution < -0.4 is 0 Å². The van der Waals surface area contributed by atoms with Crippen LogP contribution in [0.25, 0.3) is 0 Å². The van der Waals surface area contributed by atoms with Gasteiger partial charge in [-0.25, -0.2) is 0 Å². The van der Waals surface area contributed by atoms with E-state index in [2.05, 4.69) is 19.1 Å². The molecule has 0 aromatic heterocycles. The van der Waals surface area contributed by atoms with Gasteiger partial charge < -0.3 is 24.8 Å². The molecule has 1 rings (SSSR count). The molecule has 0 saturated carbocycles. The molecule has 1 saturated heterocycles. The molecule has 1 aliphatic heterocycles. The molecular formula is C22H42O5. The first-order chi connectivity index (χ1) is 13.2. The van der Waals surface area contributed by atoms with Crippen molar-refractivity contribution in [1.29, 1.82) is 0 Å². The van der Waals surface area contributed by atoms with Gasteiger partial charge in [0.15, 0.2) is 0 Å². The Kier molecular flexibility index (Phi) is 15.0. The first kappa shape index (κ1) is 24.6. The summed E-state index contributed by atoms with van der Waals surface area (Å²) < 4.78 is 10.8. The van der Waals surface area contributed by atoms with Gasteiger partial charge >= 0.3 is 0 Å². The summed E-state index contributed by atoms with van der Waals surface area (Å²) >= 11 is 0. The normalized spacial score (nSPS) is 26.1. The first-order valence-corrected chi connectivity index (χ1v) is 11.0. The zero-order chi connectivity index (χ0) is 19.7. The number of hydrogen-bond donors (Lipinski definition) is 3. The minimum atomic E-state index is -1.16. The predicted octanol–water partition coefficient (Wildman–Crippen LogP) is 3.74. The quantitative estimate of drug-likeness (QED) is 0.278. The van der Waals surface area contributed by atoms with E-state index >= 15 is 0 Å². The zero-order valence-electron chi connectivity index (χ0n) is 17.2. The molecule has 0 aromatic rings. The summed E-state index contributed by atoms with van der Waals surface area (Å²) in [6.45, 7) is 3.14. The highest BCUT2D eigenvalue weighted by Gasteiger charge is 2.37. The van der Waals surface area contributed by atoms with Crippen LogP contribution in [-0.4, -0.2) is 59.6 Å². The Balaban J connectivity index is 1.84. The van der Waals surface area contributed by atoms with Gasteiger partial charge in [-0.1, -0.05) is 70.4 Å². The SMILES string of the molecule is CCCCCCCCCCC/C=C/CCCOC[C@@H]1OC[C@@H](O)[C@H](O)[C@H]1O. The molecule has 5 nitrogen and oxygen atoms in total. The Morgan fingerprint density at radius 1 is 0.815 bits per heavy atom. The Bertz CT molecular complexity index is 361. The lowest BCUT2D eigenvalue weighted by molar-refractivity contribution is -0.199. The Hall–Kier alpha value is -0.460. The summed E-state index contributed by atoms with van der Waals surface area (Å²) in [5, 5.41) is 28.8. The van der Waals surface area contributed by atoms with Gasteiger partial charge in [-0.3, -0.25) is 0 Å². The number of aliphatic hydroxyl groups is 3. The van der Waals surface area contributed by atoms with E-state index in [1.54, 1.807) is 0 Å². The van der Waals surface area contributed by atoms with Crippen molar-refractivity contribution in [3.05, 3.63) is 12.2 Å². The van der Waals surface area contributed by atoms with Crippen LogP contribution in [0, 0.1) is 0 Å². The fourth-order valence-electron chi connectivity index (χ4n) is 3.32. The molecule has 1 fully saturated rings. The second-order valence-corrected chi connectivity index (χ2v) is 7.73. The van der Waals surface area contributed by atoms with E-state index in [0.717, 1.165) is 12.8 Å². The zero-order valence-corrected chi connectivity index (χ0v) is 17.2. The van der Waals surface area contributed by atoms with E-state index in [1.165, 1.54) is 64.2 Å². The van der Waals surface area contributed by atoms with Crippen LogP contribution in [0.3, 0.4) is 0 Å². The summed E-state index contributed by atoms with van der Waals surface area (Å²) in [6, 6.07) is 0. The molecule has 3 N–H and O–H groups in total. The topological polar surface area (TPSA) is 79.2 Å². The molecule has 0 aromatic carbocycles. The summed E-state index contributed by atoms with van der Waals surface area (Å²) in [5.74, 6) is 0. The maximum absolute atomic E-state index is 9.81. The molecular weight excluding hydrogens is 344 g/mol. The van der Waals surface area contributed by atoms with Gasteiger partial charge in [0.25, 0.3) is 0 Å². The summed E-state index contributed by atoms with van der Waals surface area (Å²) in [4.78, 5) is 0. The minimum absolute atomic E-state index is 0.0356. The summed E-state index contributed by atoms with van der Waals surface area (Å²) in [5.41, 5.74) is 0. The van der Waals surface area contributed by atoms with E-state index < -0.39 is 24.4 Å². The monoisotopic (exact) mass is 386 g/mol. The van der Waals surface area contributed by atoms with Crippen molar-refractivity contribution in [2.45, 2.75) is 108 Å². The fourth-order valence-corrected chi connectivity index (χ4v) is 3.32.